The predicted octanol–water partition coefficient (Wildman–Crippen LogP) is 0.0696. The molecule has 0 aromatic heterocycles. The Morgan fingerprint density at radius 2 is 2.05 bits per heavy atom. The zero-order valence-corrected chi connectivity index (χ0v) is 10.8. The largest absolute Gasteiger partial charge is 0.480 e. The zero-order valence-electron chi connectivity index (χ0n) is 10.8. The summed E-state index contributed by atoms with van der Waals surface area (Å²) in [7, 11) is 0. The van der Waals surface area contributed by atoms with Crippen LogP contribution < -0.4 is 5.32 Å². The summed E-state index contributed by atoms with van der Waals surface area (Å²) >= 11 is 0. The second kappa shape index (κ2) is 4.79. The number of likely N-dealkylation sites (tertiary alicyclic amines) is 1. The van der Waals surface area contributed by atoms with Crippen molar-refractivity contribution in [2.75, 3.05) is 11.9 Å². The average molecular weight is 276 g/mol. The minimum Gasteiger partial charge on any atom is -0.480 e. The van der Waals surface area contributed by atoms with Crippen molar-refractivity contribution in [2.45, 2.75) is 31.0 Å². The lowest BCUT2D eigenvalue weighted by atomic mass is 10.1. The van der Waals surface area contributed by atoms with Crippen LogP contribution in [-0.4, -0.2) is 51.7 Å². The summed E-state index contributed by atoms with van der Waals surface area (Å²) in [6.45, 7) is 0.0876. The number of hydrogen-bond donors (Lipinski definition) is 3. The lowest BCUT2D eigenvalue weighted by Crippen LogP contribution is -2.47. The van der Waals surface area contributed by atoms with Crippen LogP contribution in [0.5, 0.6) is 0 Å². The maximum atomic E-state index is 12.5. The molecule has 6 heteroatoms. The van der Waals surface area contributed by atoms with Gasteiger partial charge in [-0.05, 0) is 11.6 Å². The van der Waals surface area contributed by atoms with Gasteiger partial charge in [-0.15, -0.1) is 0 Å². The minimum absolute atomic E-state index is 0.0876. The molecule has 0 bridgehead atoms. The maximum Gasteiger partial charge on any atom is 0.326 e. The second-order valence-corrected chi connectivity index (χ2v) is 5.29. The number of aliphatic carboxylic acids is 1. The van der Waals surface area contributed by atoms with Crippen LogP contribution in [0, 0.1) is 0 Å². The number of fused-ring (bicyclic) bond motifs is 1. The van der Waals surface area contributed by atoms with E-state index < -0.39 is 24.2 Å². The number of carbonyl (C=O) groups excluding carboxylic acids is 1. The standard InChI is InChI=1S/C14H16N2O4/c17-9-6-12(14(19)20)16(7-9)13(18)11-5-8-3-1-2-4-10(8)15-11/h1-4,9,11-12,15,17H,5-7H2,(H,19,20)/t9?,11-,12?/m0/s1. The van der Waals surface area contributed by atoms with E-state index in [1.165, 1.54) is 4.90 Å². The van der Waals surface area contributed by atoms with Gasteiger partial charge < -0.3 is 20.4 Å². The van der Waals surface area contributed by atoms with Crippen molar-refractivity contribution in [3.63, 3.8) is 0 Å². The first-order valence-electron chi connectivity index (χ1n) is 6.62. The third-order valence-electron chi connectivity index (χ3n) is 3.92. The molecule has 3 N–H and O–H groups in total. The number of nitrogens with one attached hydrogen (secondary N) is 1. The monoisotopic (exact) mass is 276 g/mol. The van der Waals surface area contributed by atoms with Crippen molar-refractivity contribution in [1.82, 2.24) is 4.90 Å². The van der Waals surface area contributed by atoms with E-state index in [9.17, 15) is 14.7 Å². The number of amides is 1. The fourth-order valence-electron chi connectivity index (χ4n) is 2.94. The Hall–Kier alpha value is -2.08. The molecule has 0 spiro atoms. The van der Waals surface area contributed by atoms with E-state index in [-0.39, 0.29) is 18.9 Å². The van der Waals surface area contributed by atoms with Crippen LogP contribution in [0.25, 0.3) is 0 Å². The average Bonchev–Trinajstić information content (AvgIpc) is 3.01. The van der Waals surface area contributed by atoms with E-state index >= 15 is 0 Å². The lowest BCUT2D eigenvalue weighted by molar-refractivity contribution is -0.148. The number of carboxylic acid groups (broad SMARTS) is 1. The Bertz CT molecular complexity index is 535. The smallest absolute Gasteiger partial charge is 0.326 e. The van der Waals surface area contributed by atoms with E-state index in [0.29, 0.717) is 6.42 Å². The van der Waals surface area contributed by atoms with Gasteiger partial charge in [-0.1, -0.05) is 18.2 Å². The van der Waals surface area contributed by atoms with Gasteiger partial charge in [0.05, 0.1) is 6.10 Å². The number of benzene rings is 1. The number of nitrogens with zero attached hydrogens (tertiary/aromatic N) is 1. The zero-order chi connectivity index (χ0) is 14.3. The van der Waals surface area contributed by atoms with Crippen LogP contribution in [0.2, 0.25) is 0 Å². The highest BCUT2D eigenvalue weighted by Gasteiger charge is 2.42. The molecular weight excluding hydrogens is 260 g/mol. The number of carboxylic acids is 1. The molecule has 106 valence electrons. The third-order valence-corrected chi connectivity index (χ3v) is 3.92. The summed E-state index contributed by atoms with van der Waals surface area (Å²) in [6.07, 6.45) is -0.113. The summed E-state index contributed by atoms with van der Waals surface area (Å²) in [5, 5.41) is 21.9. The highest BCUT2D eigenvalue weighted by Crippen LogP contribution is 2.28. The Labute approximate surface area is 116 Å². The van der Waals surface area contributed by atoms with E-state index in [0.717, 1.165) is 11.3 Å². The fraction of sp³-hybridized carbons (Fsp3) is 0.429. The number of aliphatic hydroxyl groups is 1. The van der Waals surface area contributed by atoms with Crippen LogP contribution in [0.4, 0.5) is 5.69 Å². The highest BCUT2D eigenvalue weighted by molar-refractivity contribution is 5.91. The number of aliphatic hydroxyl groups excluding tert-OH is 1. The van der Waals surface area contributed by atoms with E-state index in [1.54, 1.807) is 0 Å². The van der Waals surface area contributed by atoms with E-state index in [1.807, 2.05) is 24.3 Å². The van der Waals surface area contributed by atoms with Gasteiger partial charge in [-0.2, -0.15) is 0 Å². The Balaban J connectivity index is 1.76. The first-order chi connectivity index (χ1) is 9.56. The van der Waals surface area contributed by atoms with Gasteiger partial charge >= 0.3 is 5.97 Å². The van der Waals surface area contributed by atoms with Crippen molar-refractivity contribution in [1.29, 1.82) is 0 Å². The van der Waals surface area contributed by atoms with E-state index in [4.69, 9.17) is 5.11 Å². The summed E-state index contributed by atoms with van der Waals surface area (Å²) in [6, 6.07) is 6.27. The van der Waals surface area contributed by atoms with Gasteiger partial charge in [0.2, 0.25) is 5.91 Å². The first kappa shape index (κ1) is 12.9. The molecule has 0 aliphatic carbocycles. The quantitative estimate of drug-likeness (QED) is 0.711. The fourth-order valence-corrected chi connectivity index (χ4v) is 2.94. The lowest BCUT2D eigenvalue weighted by Gasteiger charge is -2.24. The molecule has 6 nitrogen and oxygen atoms in total. The van der Waals surface area contributed by atoms with Crippen molar-refractivity contribution in [3.8, 4) is 0 Å². The normalized spacial score (nSPS) is 28.1. The van der Waals surface area contributed by atoms with Crippen molar-refractivity contribution in [2.24, 2.45) is 0 Å². The molecule has 0 radical (unpaired) electrons. The van der Waals surface area contributed by atoms with Gasteiger partial charge in [0.15, 0.2) is 0 Å². The van der Waals surface area contributed by atoms with Crippen LogP contribution in [0.3, 0.4) is 0 Å². The van der Waals surface area contributed by atoms with Gasteiger partial charge in [-0.3, -0.25) is 4.79 Å². The Kier molecular flexibility index (Phi) is 3.10. The van der Waals surface area contributed by atoms with Crippen LogP contribution in [-0.2, 0) is 16.0 Å². The van der Waals surface area contributed by atoms with Crippen LogP contribution >= 0.6 is 0 Å². The molecular formula is C14H16N2O4. The number of anilines is 1. The van der Waals surface area contributed by atoms with Crippen LogP contribution in [0.1, 0.15) is 12.0 Å². The molecule has 2 unspecified atom stereocenters. The number of para-hydroxylation sites is 1. The SMILES string of the molecule is O=C(O)C1CC(O)CN1C(=O)[C@@H]1Cc2ccccc2N1. The van der Waals surface area contributed by atoms with Gasteiger partial charge in [0, 0.05) is 25.1 Å². The van der Waals surface area contributed by atoms with Gasteiger partial charge in [0.1, 0.15) is 12.1 Å². The van der Waals surface area contributed by atoms with E-state index in [2.05, 4.69) is 5.32 Å². The molecule has 2 aliphatic heterocycles. The van der Waals surface area contributed by atoms with Crippen molar-refractivity contribution in [3.05, 3.63) is 29.8 Å². The molecule has 1 aromatic rings. The van der Waals surface area contributed by atoms with Crippen molar-refractivity contribution < 1.29 is 19.8 Å². The topological polar surface area (TPSA) is 89.9 Å². The molecule has 1 fully saturated rings. The molecule has 20 heavy (non-hydrogen) atoms. The van der Waals surface area contributed by atoms with Gasteiger partial charge in [0.25, 0.3) is 0 Å². The van der Waals surface area contributed by atoms with Crippen LogP contribution in [0.15, 0.2) is 24.3 Å². The number of hydrogen-bond acceptors (Lipinski definition) is 4. The maximum absolute atomic E-state index is 12.5. The molecule has 2 aliphatic rings. The molecule has 2 heterocycles. The molecule has 3 rings (SSSR count). The molecule has 1 saturated heterocycles. The Morgan fingerprint density at radius 1 is 1.30 bits per heavy atom. The highest BCUT2D eigenvalue weighted by atomic mass is 16.4. The number of carbonyl (C=O) groups is 2. The Morgan fingerprint density at radius 3 is 2.75 bits per heavy atom. The second-order valence-electron chi connectivity index (χ2n) is 5.29. The molecule has 3 atom stereocenters. The van der Waals surface area contributed by atoms with Gasteiger partial charge in [-0.25, -0.2) is 4.79 Å². The molecule has 0 saturated carbocycles. The minimum atomic E-state index is -1.06. The molecule has 1 amide bonds. The summed E-state index contributed by atoms with van der Waals surface area (Å²) in [5.74, 6) is -1.32. The molecule has 1 aromatic carbocycles. The summed E-state index contributed by atoms with van der Waals surface area (Å²) in [4.78, 5) is 24.9. The summed E-state index contributed by atoms with van der Waals surface area (Å²) in [5.41, 5.74) is 1.97. The summed E-state index contributed by atoms with van der Waals surface area (Å²) < 4.78 is 0. The van der Waals surface area contributed by atoms with Crippen molar-refractivity contribution >= 4 is 17.6 Å². The number of rotatable bonds is 2. The predicted molar refractivity (Wildman–Crippen MR) is 71.3 cm³/mol. The third kappa shape index (κ3) is 2.12. The number of β-amino-alcohol motifs (C(OH)–C–C–N with tert-alkyl or cyclic N) is 1. The first-order valence-corrected chi connectivity index (χ1v) is 6.62.